The molecule has 0 unspecified atom stereocenters. The van der Waals surface area contributed by atoms with Gasteiger partial charge < -0.3 is 10.2 Å². The van der Waals surface area contributed by atoms with Crippen LogP contribution in [-0.4, -0.2) is 15.0 Å². The van der Waals surface area contributed by atoms with Crippen LogP contribution in [-0.2, 0) is 6.42 Å². The molecule has 0 aliphatic rings. The normalized spacial score (nSPS) is 10.7. The van der Waals surface area contributed by atoms with Crippen LogP contribution in [0.1, 0.15) is 24.7 Å². The lowest BCUT2D eigenvalue weighted by molar-refractivity contribution is 0.454. The van der Waals surface area contributed by atoms with Crippen LogP contribution in [0.4, 0.5) is 5.82 Å². The van der Waals surface area contributed by atoms with Gasteiger partial charge in [0.1, 0.15) is 22.9 Å². The van der Waals surface area contributed by atoms with E-state index in [9.17, 15) is 0 Å². The van der Waals surface area contributed by atoms with Crippen LogP contribution in [0, 0.1) is 6.92 Å². The number of hydrogen-bond donors (Lipinski definition) is 1. The van der Waals surface area contributed by atoms with Crippen LogP contribution in [0.25, 0.3) is 0 Å². The summed E-state index contributed by atoms with van der Waals surface area (Å²) in [5.74, 6) is 1.29. The average Bonchev–Trinajstić information content (AvgIpc) is 2.78. The van der Waals surface area contributed by atoms with Crippen LogP contribution in [0.15, 0.2) is 27.1 Å². The molecule has 0 saturated carbocycles. The van der Waals surface area contributed by atoms with Gasteiger partial charge in [-0.3, -0.25) is 0 Å². The summed E-state index contributed by atoms with van der Waals surface area (Å²) < 4.78 is 5.18. The van der Waals surface area contributed by atoms with Crippen molar-refractivity contribution in [1.82, 2.24) is 15.0 Å². The summed E-state index contributed by atoms with van der Waals surface area (Å²) in [6.07, 6.45) is 4.96. The van der Waals surface area contributed by atoms with Gasteiger partial charge in [-0.15, -0.1) is 0 Å². The summed E-state index contributed by atoms with van der Waals surface area (Å²) in [5, 5.41) is 1.37. The first-order chi connectivity index (χ1) is 8.20. The SMILES string of the molecule is CCCc1nc(N)c(C)c(Sc2ncco2)n1. The smallest absolute Gasteiger partial charge is 0.261 e. The molecule has 2 aromatic heterocycles. The molecule has 0 saturated heterocycles. The summed E-state index contributed by atoms with van der Waals surface area (Å²) in [6, 6.07) is 0. The Hall–Kier alpha value is -1.56. The Kier molecular flexibility index (Phi) is 3.63. The zero-order valence-electron chi connectivity index (χ0n) is 9.80. The van der Waals surface area contributed by atoms with Gasteiger partial charge in [0.2, 0.25) is 0 Å². The third-order valence-electron chi connectivity index (χ3n) is 2.25. The zero-order valence-corrected chi connectivity index (χ0v) is 10.6. The first-order valence-electron chi connectivity index (χ1n) is 5.41. The standard InChI is InChI=1S/C11H14N4OS/c1-3-4-8-14-9(12)7(2)10(15-8)17-11-13-5-6-16-11/h5-6H,3-4H2,1-2H3,(H2,12,14,15). The molecule has 0 spiro atoms. The van der Waals surface area contributed by atoms with Gasteiger partial charge >= 0.3 is 0 Å². The fraction of sp³-hybridized carbons (Fsp3) is 0.364. The van der Waals surface area contributed by atoms with Gasteiger partial charge in [0, 0.05) is 12.0 Å². The van der Waals surface area contributed by atoms with Crippen LogP contribution < -0.4 is 5.73 Å². The quantitative estimate of drug-likeness (QED) is 0.840. The van der Waals surface area contributed by atoms with Gasteiger partial charge in [0.15, 0.2) is 0 Å². The molecule has 2 N–H and O–H groups in total. The minimum Gasteiger partial charge on any atom is -0.440 e. The molecule has 90 valence electrons. The second-order valence-corrected chi connectivity index (χ2v) is 4.55. The lowest BCUT2D eigenvalue weighted by atomic mass is 10.3. The van der Waals surface area contributed by atoms with Crippen molar-refractivity contribution < 1.29 is 4.42 Å². The Morgan fingerprint density at radius 3 is 2.88 bits per heavy atom. The molecule has 0 amide bonds. The van der Waals surface area contributed by atoms with E-state index in [-0.39, 0.29) is 0 Å². The summed E-state index contributed by atoms with van der Waals surface area (Å²) in [6.45, 7) is 3.98. The average molecular weight is 250 g/mol. The zero-order chi connectivity index (χ0) is 12.3. The lowest BCUT2D eigenvalue weighted by Crippen LogP contribution is -2.04. The number of aromatic nitrogens is 3. The number of oxazole rings is 1. The van der Waals surface area contributed by atoms with Gasteiger partial charge in [-0.05, 0) is 25.1 Å². The Morgan fingerprint density at radius 1 is 1.41 bits per heavy atom. The van der Waals surface area contributed by atoms with Crippen molar-refractivity contribution >= 4 is 17.6 Å². The molecular weight excluding hydrogens is 236 g/mol. The molecule has 0 atom stereocenters. The number of nitrogens with zero attached hydrogens (tertiary/aromatic N) is 3. The minimum absolute atomic E-state index is 0.525. The lowest BCUT2D eigenvalue weighted by Gasteiger charge is -2.07. The topological polar surface area (TPSA) is 77.8 Å². The predicted molar refractivity (Wildman–Crippen MR) is 65.8 cm³/mol. The van der Waals surface area contributed by atoms with E-state index in [1.807, 2.05) is 6.92 Å². The van der Waals surface area contributed by atoms with E-state index in [2.05, 4.69) is 21.9 Å². The number of nitrogens with two attached hydrogens (primary N) is 1. The second kappa shape index (κ2) is 5.18. The number of aryl methyl sites for hydroxylation is 1. The fourth-order valence-electron chi connectivity index (χ4n) is 1.34. The molecule has 0 radical (unpaired) electrons. The molecule has 0 aliphatic heterocycles. The van der Waals surface area contributed by atoms with Crippen molar-refractivity contribution in [2.75, 3.05) is 5.73 Å². The van der Waals surface area contributed by atoms with Gasteiger partial charge in [0.25, 0.3) is 5.22 Å². The van der Waals surface area contributed by atoms with Crippen LogP contribution in [0.5, 0.6) is 0 Å². The fourth-order valence-corrected chi connectivity index (χ4v) is 2.13. The molecule has 5 nitrogen and oxygen atoms in total. The van der Waals surface area contributed by atoms with Gasteiger partial charge in [-0.2, -0.15) is 0 Å². The van der Waals surface area contributed by atoms with Crippen LogP contribution in [0.2, 0.25) is 0 Å². The number of rotatable bonds is 4. The highest BCUT2D eigenvalue weighted by atomic mass is 32.2. The molecule has 0 fully saturated rings. The molecule has 6 heteroatoms. The van der Waals surface area contributed by atoms with E-state index in [4.69, 9.17) is 10.2 Å². The Bertz CT molecular complexity index is 498. The molecule has 2 aromatic rings. The minimum atomic E-state index is 0.525. The van der Waals surface area contributed by atoms with E-state index in [1.54, 1.807) is 6.20 Å². The highest BCUT2D eigenvalue weighted by Crippen LogP contribution is 2.29. The molecule has 0 aromatic carbocycles. The first-order valence-corrected chi connectivity index (χ1v) is 6.22. The largest absolute Gasteiger partial charge is 0.440 e. The van der Waals surface area contributed by atoms with Crippen molar-refractivity contribution in [2.24, 2.45) is 0 Å². The third kappa shape index (κ3) is 2.76. The van der Waals surface area contributed by atoms with Crippen molar-refractivity contribution in [3.8, 4) is 0 Å². The Labute approximate surface area is 104 Å². The van der Waals surface area contributed by atoms with Gasteiger partial charge in [-0.1, -0.05) is 6.92 Å². The molecular formula is C11H14N4OS. The molecule has 0 aliphatic carbocycles. The summed E-state index contributed by atoms with van der Waals surface area (Å²) in [7, 11) is 0. The highest BCUT2D eigenvalue weighted by Gasteiger charge is 2.11. The number of hydrogen-bond acceptors (Lipinski definition) is 6. The summed E-state index contributed by atoms with van der Waals surface area (Å²) in [5.41, 5.74) is 6.73. The number of nitrogen functional groups attached to an aromatic ring is 1. The van der Waals surface area contributed by atoms with E-state index in [0.29, 0.717) is 11.0 Å². The van der Waals surface area contributed by atoms with E-state index >= 15 is 0 Å². The maximum Gasteiger partial charge on any atom is 0.261 e. The van der Waals surface area contributed by atoms with Crippen molar-refractivity contribution in [1.29, 1.82) is 0 Å². The van der Waals surface area contributed by atoms with Crippen LogP contribution in [0.3, 0.4) is 0 Å². The highest BCUT2D eigenvalue weighted by molar-refractivity contribution is 7.99. The van der Waals surface area contributed by atoms with Crippen molar-refractivity contribution in [2.45, 2.75) is 36.9 Å². The Morgan fingerprint density at radius 2 is 2.24 bits per heavy atom. The summed E-state index contributed by atoms with van der Waals surface area (Å²) >= 11 is 1.37. The van der Waals surface area contributed by atoms with Crippen molar-refractivity contribution in [3.63, 3.8) is 0 Å². The maximum atomic E-state index is 5.87. The van der Waals surface area contributed by atoms with Gasteiger partial charge in [-0.25, -0.2) is 15.0 Å². The molecule has 17 heavy (non-hydrogen) atoms. The third-order valence-corrected chi connectivity index (χ3v) is 3.22. The van der Waals surface area contributed by atoms with E-state index in [1.165, 1.54) is 18.0 Å². The van der Waals surface area contributed by atoms with E-state index < -0.39 is 0 Å². The van der Waals surface area contributed by atoms with Crippen LogP contribution >= 0.6 is 11.8 Å². The Balaban J connectivity index is 2.31. The van der Waals surface area contributed by atoms with Crippen molar-refractivity contribution in [3.05, 3.63) is 23.8 Å². The maximum absolute atomic E-state index is 5.87. The molecule has 2 heterocycles. The van der Waals surface area contributed by atoms with Gasteiger partial charge in [0.05, 0.1) is 6.20 Å². The number of anilines is 1. The molecule has 0 bridgehead atoms. The monoisotopic (exact) mass is 250 g/mol. The van der Waals surface area contributed by atoms with E-state index in [0.717, 1.165) is 29.3 Å². The molecule has 2 rings (SSSR count). The summed E-state index contributed by atoms with van der Waals surface area (Å²) in [4.78, 5) is 12.8. The predicted octanol–water partition coefficient (Wildman–Crippen LogP) is 2.46. The second-order valence-electron chi connectivity index (χ2n) is 3.61. The first kappa shape index (κ1) is 11.9.